The molecule has 6 nitrogen and oxygen atoms in total. The molecule has 0 aliphatic carbocycles. The van der Waals surface area contributed by atoms with Crippen molar-refractivity contribution in [3.8, 4) is 0 Å². The number of aromatic nitrogens is 2. The molecule has 0 bridgehead atoms. The smallest absolute Gasteiger partial charge is 0.352 e. The fourth-order valence-corrected chi connectivity index (χ4v) is 2.68. The molecule has 128 valence electrons. The average Bonchev–Trinajstić information content (AvgIpc) is 2.82. The molecule has 1 aromatic heterocycles. The van der Waals surface area contributed by atoms with Gasteiger partial charge in [0, 0.05) is 36.8 Å². The third-order valence-electron chi connectivity index (χ3n) is 4.12. The minimum atomic E-state index is -4.86. The van der Waals surface area contributed by atoms with Crippen LogP contribution in [0.1, 0.15) is 29.8 Å². The number of aromatic amines is 1. The maximum Gasteiger partial charge on any atom is 0.471 e. The van der Waals surface area contributed by atoms with E-state index in [1.165, 1.54) is 0 Å². The second kappa shape index (κ2) is 6.59. The minimum absolute atomic E-state index is 0.0554. The van der Waals surface area contributed by atoms with E-state index in [2.05, 4.69) is 15.5 Å². The van der Waals surface area contributed by atoms with Gasteiger partial charge in [0.15, 0.2) is 0 Å². The Hall–Kier alpha value is -2.06. The van der Waals surface area contributed by atoms with Crippen LogP contribution in [0.15, 0.2) is 0 Å². The summed E-state index contributed by atoms with van der Waals surface area (Å²) in [6, 6.07) is 0. The number of carbonyl (C=O) groups excluding carboxylic acids is 2. The summed E-state index contributed by atoms with van der Waals surface area (Å²) in [6.45, 7) is 3.89. The summed E-state index contributed by atoms with van der Waals surface area (Å²) in [5, 5.41) is 9.64. The lowest BCUT2D eigenvalue weighted by molar-refractivity contribution is -0.186. The molecule has 0 unspecified atom stereocenters. The number of H-pyrrole nitrogens is 1. The normalized spacial score (nSPS) is 16.5. The maximum atomic E-state index is 12.4. The first-order chi connectivity index (χ1) is 10.7. The molecule has 0 atom stereocenters. The van der Waals surface area contributed by atoms with Gasteiger partial charge in [-0.2, -0.15) is 18.3 Å². The second-order valence-electron chi connectivity index (χ2n) is 5.69. The van der Waals surface area contributed by atoms with E-state index in [1.54, 1.807) is 0 Å². The summed E-state index contributed by atoms with van der Waals surface area (Å²) in [5.41, 5.74) is 2.57. The van der Waals surface area contributed by atoms with Gasteiger partial charge in [-0.05, 0) is 26.7 Å². The van der Waals surface area contributed by atoms with E-state index in [1.807, 2.05) is 13.8 Å². The SMILES string of the molecule is Cc1n[nH]c(C)c1CNC(=O)C1CCN(C(=O)C(F)(F)F)CC1. The number of halogens is 3. The number of piperidine rings is 1. The number of aryl methyl sites for hydroxylation is 2. The third kappa shape index (κ3) is 4.02. The molecular formula is C14H19F3N4O2. The molecule has 0 saturated carbocycles. The Bertz CT molecular complexity index is 570. The van der Waals surface area contributed by atoms with Crippen molar-refractivity contribution in [2.45, 2.75) is 39.4 Å². The van der Waals surface area contributed by atoms with Crippen LogP contribution in [0.4, 0.5) is 13.2 Å². The topological polar surface area (TPSA) is 78.1 Å². The van der Waals surface area contributed by atoms with Crippen LogP contribution in [-0.2, 0) is 16.1 Å². The molecular weight excluding hydrogens is 313 g/mol. The zero-order valence-electron chi connectivity index (χ0n) is 13.0. The number of rotatable bonds is 3. The molecule has 1 saturated heterocycles. The summed E-state index contributed by atoms with van der Waals surface area (Å²) in [6.07, 6.45) is -4.39. The summed E-state index contributed by atoms with van der Waals surface area (Å²) in [4.78, 5) is 24.0. The highest BCUT2D eigenvalue weighted by molar-refractivity contribution is 5.83. The van der Waals surface area contributed by atoms with Crippen molar-refractivity contribution in [1.29, 1.82) is 0 Å². The van der Waals surface area contributed by atoms with Gasteiger partial charge in [-0.3, -0.25) is 14.7 Å². The Balaban J connectivity index is 1.83. The predicted molar refractivity (Wildman–Crippen MR) is 75.3 cm³/mol. The molecule has 2 heterocycles. The molecule has 0 spiro atoms. The lowest BCUT2D eigenvalue weighted by Crippen LogP contribution is -2.47. The lowest BCUT2D eigenvalue weighted by atomic mass is 9.95. The van der Waals surface area contributed by atoms with E-state index >= 15 is 0 Å². The molecule has 2 N–H and O–H groups in total. The molecule has 0 radical (unpaired) electrons. The van der Waals surface area contributed by atoms with Gasteiger partial charge < -0.3 is 10.2 Å². The Morgan fingerprint density at radius 3 is 2.39 bits per heavy atom. The Labute approximate surface area is 131 Å². The number of nitrogens with zero attached hydrogens (tertiary/aromatic N) is 2. The number of nitrogens with one attached hydrogen (secondary N) is 2. The first-order valence-electron chi connectivity index (χ1n) is 7.34. The van der Waals surface area contributed by atoms with Crippen molar-refractivity contribution in [1.82, 2.24) is 20.4 Å². The lowest BCUT2D eigenvalue weighted by Gasteiger charge is -2.31. The number of hydrogen-bond donors (Lipinski definition) is 2. The summed E-state index contributed by atoms with van der Waals surface area (Å²) < 4.78 is 37.1. The van der Waals surface area contributed by atoms with Gasteiger partial charge in [-0.25, -0.2) is 0 Å². The molecule has 23 heavy (non-hydrogen) atoms. The van der Waals surface area contributed by atoms with Gasteiger partial charge >= 0.3 is 12.1 Å². The Morgan fingerprint density at radius 1 is 1.30 bits per heavy atom. The first kappa shape index (κ1) is 17.3. The summed E-state index contributed by atoms with van der Waals surface area (Å²) in [5.74, 6) is -2.41. The predicted octanol–water partition coefficient (Wildman–Crippen LogP) is 1.44. The van der Waals surface area contributed by atoms with Crippen molar-refractivity contribution in [2.24, 2.45) is 5.92 Å². The molecule has 1 fully saturated rings. The largest absolute Gasteiger partial charge is 0.471 e. The number of hydrogen-bond acceptors (Lipinski definition) is 3. The van der Waals surface area contributed by atoms with Gasteiger partial charge in [0.25, 0.3) is 0 Å². The van der Waals surface area contributed by atoms with Crippen LogP contribution >= 0.6 is 0 Å². The van der Waals surface area contributed by atoms with Crippen molar-refractivity contribution in [2.75, 3.05) is 13.1 Å². The monoisotopic (exact) mass is 332 g/mol. The van der Waals surface area contributed by atoms with Crippen molar-refractivity contribution in [3.05, 3.63) is 17.0 Å². The van der Waals surface area contributed by atoms with E-state index < -0.39 is 12.1 Å². The van der Waals surface area contributed by atoms with Gasteiger partial charge in [0.05, 0.1) is 5.69 Å². The minimum Gasteiger partial charge on any atom is -0.352 e. The fourth-order valence-electron chi connectivity index (χ4n) is 2.68. The van der Waals surface area contributed by atoms with Crippen LogP contribution < -0.4 is 5.32 Å². The average molecular weight is 332 g/mol. The van der Waals surface area contributed by atoms with Crippen molar-refractivity contribution >= 4 is 11.8 Å². The van der Waals surface area contributed by atoms with Crippen molar-refractivity contribution in [3.63, 3.8) is 0 Å². The number of carbonyl (C=O) groups is 2. The Morgan fingerprint density at radius 2 is 1.91 bits per heavy atom. The zero-order valence-corrected chi connectivity index (χ0v) is 13.0. The van der Waals surface area contributed by atoms with E-state index in [9.17, 15) is 22.8 Å². The van der Waals surface area contributed by atoms with E-state index in [-0.39, 0.29) is 37.8 Å². The highest BCUT2D eigenvalue weighted by Gasteiger charge is 2.43. The van der Waals surface area contributed by atoms with Crippen LogP contribution in [0.2, 0.25) is 0 Å². The molecule has 9 heteroatoms. The highest BCUT2D eigenvalue weighted by atomic mass is 19.4. The van der Waals surface area contributed by atoms with E-state index in [4.69, 9.17) is 0 Å². The third-order valence-corrected chi connectivity index (χ3v) is 4.12. The molecule has 2 amide bonds. The van der Waals surface area contributed by atoms with Crippen LogP contribution in [0.25, 0.3) is 0 Å². The number of alkyl halides is 3. The van der Waals surface area contributed by atoms with Gasteiger partial charge in [0.1, 0.15) is 0 Å². The molecule has 0 aromatic carbocycles. The van der Waals surface area contributed by atoms with Crippen LogP contribution in [-0.4, -0.2) is 46.2 Å². The number of amides is 2. The molecule has 2 rings (SSSR count). The zero-order chi connectivity index (χ0) is 17.2. The van der Waals surface area contributed by atoms with Crippen molar-refractivity contribution < 1.29 is 22.8 Å². The quantitative estimate of drug-likeness (QED) is 0.879. The molecule has 1 aromatic rings. The summed E-state index contributed by atoms with van der Waals surface area (Å²) in [7, 11) is 0. The van der Waals surface area contributed by atoms with Gasteiger partial charge in [0.2, 0.25) is 5.91 Å². The molecule has 1 aliphatic rings. The van der Waals surface area contributed by atoms with Gasteiger partial charge in [-0.1, -0.05) is 0 Å². The van der Waals surface area contributed by atoms with Crippen LogP contribution in [0.3, 0.4) is 0 Å². The maximum absolute atomic E-state index is 12.4. The Kier molecular flexibility index (Phi) is 4.96. The van der Waals surface area contributed by atoms with Crippen LogP contribution in [0, 0.1) is 19.8 Å². The highest BCUT2D eigenvalue weighted by Crippen LogP contribution is 2.24. The van der Waals surface area contributed by atoms with E-state index in [0.29, 0.717) is 6.54 Å². The van der Waals surface area contributed by atoms with Crippen LogP contribution in [0.5, 0.6) is 0 Å². The standard InChI is InChI=1S/C14H19F3N4O2/c1-8-11(9(2)20-19-8)7-18-12(22)10-3-5-21(6-4-10)13(23)14(15,16)17/h10H,3-7H2,1-2H3,(H,18,22)(H,19,20). The second-order valence-corrected chi connectivity index (χ2v) is 5.69. The molecule has 1 aliphatic heterocycles. The van der Waals surface area contributed by atoms with Gasteiger partial charge in [-0.15, -0.1) is 0 Å². The summed E-state index contributed by atoms with van der Waals surface area (Å²) >= 11 is 0. The number of likely N-dealkylation sites (tertiary alicyclic amines) is 1. The fraction of sp³-hybridized carbons (Fsp3) is 0.643. The first-order valence-corrected chi connectivity index (χ1v) is 7.34. The van der Waals surface area contributed by atoms with E-state index in [0.717, 1.165) is 21.9 Å².